The summed E-state index contributed by atoms with van der Waals surface area (Å²) in [5.41, 5.74) is 7.48. The van der Waals surface area contributed by atoms with E-state index in [0.717, 1.165) is 5.56 Å². The summed E-state index contributed by atoms with van der Waals surface area (Å²) in [5, 5.41) is 8.16. The summed E-state index contributed by atoms with van der Waals surface area (Å²) in [5.74, 6) is -1.22. The third kappa shape index (κ3) is 3.87. The first-order chi connectivity index (χ1) is 12.8. The van der Waals surface area contributed by atoms with Crippen molar-refractivity contribution in [2.75, 3.05) is 25.8 Å². The summed E-state index contributed by atoms with van der Waals surface area (Å²) in [4.78, 5) is 41.1. The average Bonchev–Trinajstić information content (AvgIpc) is 2.97. The van der Waals surface area contributed by atoms with Crippen LogP contribution in [-0.4, -0.2) is 61.8 Å². The molecule has 1 aromatic carbocycles. The molecule has 2 atom stereocenters. The van der Waals surface area contributed by atoms with E-state index in [9.17, 15) is 24.2 Å². The lowest BCUT2D eigenvalue weighted by Crippen LogP contribution is -2.53. The van der Waals surface area contributed by atoms with Gasteiger partial charge in [-0.2, -0.15) is 0 Å². The highest BCUT2D eigenvalue weighted by molar-refractivity contribution is 7.61. The van der Waals surface area contributed by atoms with Gasteiger partial charge < -0.3 is 25.7 Å². The van der Waals surface area contributed by atoms with E-state index in [-0.39, 0.29) is 24.8 Å². The zero-order valence-corrected chi connectivity index (χ0v) is 15.9. The number of aromatic nitrogens is 2. The highest BCUT2D eigenvalue weighted by Gasteiger charge is 2.56. The van der Waals surface area contributed by atoms with Crippen LogP contribution in [0.4, 0.5) is 0 Å². The third-order valence-electron chi connectivity index (χ3n) is 5.30. The van der Waals surface area contributed by atoms with Gasteiger partial charge in [0.15, 0.2) is 5.16 Å². The molecule has 2 heterocycles. The molecule has 3 rings (SSSR count). The molecular formula is C17H25N4O5P. The Hall–Kier alpha value is -1.93. The van der Waals surface area contributed by atoms with E-state index in [1.807, 2.05) is 17.0 Å². The van der Waals surface area contributed by atoms with E-state index >= 15 is 0 Å². The Morgan fingerprint density at radius 1 is 1.30 bits per heavy atom. The number of carbonyl (C=O) groups is 1. The molecule has 2 aromatic rings. The number of hydrogen-bond acceptors (Lipinski definition) is 5. The normalized spacial score (nSPS) is 26.4. The lowest BCUT2D eigenvalue weighted by molar-refractivity contribution is -0.141. The van der Waals surface area contributed by atoms with Gasteiger partial charge in [0.1, 0.15) is 0 Å². The quantitative estimate of drug-likeness (QED) is 0.344. The molecule has 1 saturated heterocycles. The Balaban J connectivity index is 1.82. The fourth-order valence-electron chi connectivity index (χ4n) is 3.76. The van der Waals surface area contributed by atoms with Crippen LogP contribution in [0.1, 0.15) is 24.8 Å². The first-order valence-electron chi connectivity index (χ1n) is 8.96. The zero-order valence-electron chi connectivity index (χ0n) is 15.0. The number of hydrogen-bond donors (Lipinski definition) is 5. The van der Waals surface area contributed by atoms with Crippen LogP contribution < -0.4 is 11.4 Å². The van der Waals surface area contributed by atoms with Crippen molar-refractivity contribution in [3.63, 3.8) is 0 Å². The van der Waals surface area contributed by atoms with Crippen molar-refractivity contribution < 1.29 is 19.4 Å². The number of benzene rings is 1. The van der Waals surface area contributed by atoms with Crippen LogP contribution in [0.25, 0.3) is 11.0 Å². The van der Waals surface area contributed by atoms with E-state index in [4.69, 9.17) is 5.73 Å². The maximum absolute atomic E-state index is 12.8. The maximum atomic E-state index is 12.8. The Morgan fingerprint density at radius 3 is 2.74 bits per heavy atom. The van der Waals surface area contributed by atoms with Crippen molar-refractivity contribution in [3.8, 4) is 0 Å². The van der Waals surface area contributed by atoms with Crippen LogP contribution >= 0.6 is 7.37 Å². The molecule has 9 nitrogen and oxygen atoms in total. The molecule has 6 N–H and O–H groups in total. The number of nitrogens with two attached hydrogens (primary N) is 1. The fourth-order valence-corrected chi connectivity index (χ4v) is 5.97. The average molecular weight is 396 g/mol. The first kappa shape index (κ1) is 19.8. The molecule has 1 aliphatic heterocycles. The largest absolute Gasteiger partial charge is 0.480 e. The predicted molar refractivity (Wildman–Crippen MR) is 102 cm³/mol. The molecule has 0 spiro atoms. The third-order valence-corrected chi connectivity index (χ3v) is 8.00. The lowest BCUT2D eigenvalue weighted by atomic mass is 9.99. The lowest BCUT2D eigenvalue weighted by Gasteiger charge is -2.43. The molecule has 0 saturated carbocycles. The molecule has 1 aromatic heterocycles. The van der Waals surface area contributed by atoms with E-state index in [1.165, 1.54) is 0 Å². The summed E-state index contributed by atoms with van der Waals surface area (Å²) in [6.45, 7) is 1.23. The highest BCUT2D eigenvalue weighted by Crippen LogP contribution is 2.59. The molecule has 27 heavy (non-hydrogen) atoms. The van der Waals surface area contributed by atoms with Crippen molar-refractivity contribution in [3.05, 3.63) is 34.2 Å². The number of fused-ring (bicyclic) bond motifs is 1. The second kappa shape index (κ2) is 7.59. The minimum atomic E-state index is -3.84. The Bertz CT molecular complexity index is 939. The molecule has 0 bridgehead atoms. The van der Waals surface area contributed by atoms with Gasteiger partial charge in [-0.25, -0.2) is 4.79 Å². The number of imidazole rings is 1. The SMILES string of the molecule is NCCCC[C@@]1(C(=O)O)CN(Cc2ccc3[nH]c(=O)[nH]c3c2)CCP1(=O)O. The molecule has 148 valence electrons. The van der Waals surface area contributed by atoms with Crippen LogP contribution in [0.5, 0.6) is 0 Å². The van der Waals surface area contributed by atoms with Gasteiger partial charge in [0, 0.05) is 25.8 Å². The zero-order chi connectivity index (χ0) is 19.7. The predicted octanol–water partition coefficient (Wildman–Crippen LogP) is 0.895. The number of carboxylic acids is 1. The summed E-state index contributed by atoms with van der Waals surface area (Å²) in [7, 11) is -3.84. The van der Waals surface area contributed by atoms with Crippen LogP contribution in [0.3, 0.4) is 0 Å². The number of rotatable bonds is 7. The number of nitrogens with one attached hydrogen (secondary N) is 2. The highest BCUT2D eigenvalue weighted by atomic mass is 31.2. The summed E-state index contributed by atoms with van der Waals surface area (Å²) >= 11 is 0. The molecule has 0 amide bonds. The molecule has 0 aliphatic carbocycles. The van der Waals surface area contributed by atoms with Crippen LogP contribution in [0.15, 0.2) is 23.0 Å². The molecule has 1 aliphatic rings. The van der Waals surface area contributed by atoms with Gasteiger partial charge in [0.05, 0.1) is 11.0 Å². The van der Waals surface area contributed by atoms with Gasteiger partial charge >= 0.3 is 11.7 Å². The van der Waals surface area contributed by atoms with Gasteiger partial charge in [-0.15, -0.1) is 0 Å². The number of unbranched alkanes of at least 4 members (excludes halogenated alkanes) is 1. The monoisotopic (exact) mass is 396 g/mol. The maximum Gasteiger partial charge on any atom is 0.323 e. The van der Waals surface area contributed by atoms with Crippen LogP contribution in [-0.2, 0) is 15.9 Å². The number of nitrogens with zero attached hydrogens (tertiary/aromatic N) is 1. The summed E-state index contributed by atoms with van der Waals surface area (Å²) < 4.78 is 12.8. The molecule has 10 heteroatoms. The first-order valence-corrected chi connectivity index (χ1v) is 10.8. The summed E-state index contributed by atoms with van der Waals surface area (Å²) in [6, 6.07) is 5.47. The Morgan fingerprint density at radius 2 is 2.04 bits per heavy atom. The minimum Gasteiger partial charge on any atom is -0.480 e. The molecule has 1 unspecified atom stereocenters. The van der Waals surface area contributed by atoms with Crippen LogP contribution in [0, 0.1) is 0 Å². The van der Waals surface area contributed by atoms with Gasteiger partial charge in [-0.3, -0.25) is 14.3 Å². The van der Waals surface area contributed by atoms with E-state index in [2.05, 4.69) is 9.97 Å². The second-order valence-corrected chi connectivity index (χ2v) is 9.88. The number of aromatic amines is 2. The van der Waals surface area contributed by atoms with Gasteiger partial charge in [-0.05, 0) is 37.1 Å². The van der Waals surface area contributed by atoms with Crippen molar-refractivity contribution in [2.45, 2.75) is 31.0 Å². The number of H-pyrrole nitrogens is 2. The van der Waals surface area contributed by atoms with Crippen molar-refractivity contribution in [1.29, 1.82) is 0 Å². The van der Waals surface area contributed by atoms with Gasteiger partial charge in [-0.1, -0.05) is 12.5 Å². The van der Waals surface area contributed by atoms with E-state index < -0.39 is 18.5 Å². The fraction of sp³-hybridized carbons (Fsp3) is 0.529. The second-order valence-electron chi connectivity index (χ2n) is 7.18. The van der Waals surface area contributed by atoms with E-state index in [0.29, 0.717) is 43.5 Å². The van der Waals surface area contributed by atoms with Gasteiger partial charge in [0.2, 0.25) is 7.37 Å². The summed E-state index contributed by atoms with van der Waals surface area (Å²) in [6.07, 6.45) is 1.20. The topological polar surface area (TPSA) is 153 Å². The Kier molecular flexibility index (Phi) is 5.58. The van der Waals surface area contributed by atoms with Crippen LogP contribution in [0.2, 0.25) is 0 Å². The van der Waals surface area contributed by atoms with Gasteiger partial charge in [0.25, 0.3) is 0 Å². The standard InChI is InChI=1S/C17H25N4O5P/c18-6-2-1-5-17(15(22)23)11-21(7-8-27(17,25)26)10-12-3-4-13-14(9-12)20-16(24)19-13/h3-4,9H,1-2,5-8,10-11,18H2,(H,22,23)(H,25,26)(H2,19,20,24)/t17-/m0/s1. The number of carboxylic acid groups (broad SMARTS) is 1. The van der Waals surface area contributed by atoms with E-state index in [1.54, 1.807) is 6.07 Å². The minimum absolute atomic E-state index is 0.0162. The molecule has 0 radical (unpaired) electrons. The van der Waals surface area contributed by atoms with Crippen molar-refractivity contribution in [2.24, 2.45) is 5.73 Å². The van der Waals surface area contributed by atoms with Crippen molar-refractivity contribution in [1.82, 2.24) is 14.9 Å². The molecular weight excluding hydrogens is 371 g/mol. The van der Waals surface area contributed by atoms with Crippen molar-refractivity contribution >= 4 is 24.4 Å². The molecule has 1 fully saturated rings. The Labute approximate surface area is 156 Å². The smallest absolute Gasteiger partial charge is 0.323 e. The number of aliphatic carboxylic acids is 1.